The molecule has 0 radical (unpaired) electrons. The average Bonchev–Trinajstić information content (AvgIpc) is 2.37. The summed E-state index contributed by atoms with van der Waals surface area (Å²) in [5.41, 5.74) is 8.35. The topological polar surface area (TPSA) is 35.2 Å². The third-order valence-corrected chi connectivity index (χ3v) is 3.29. The Morgan fingerprint density at radius 2 is 2.00 bits per heavy atom. The van der Waals surface area contributed by atoms with Crippen LogP contribution >= 0.6 is 11.6 Å². The van der Waals surface area contributed by atoms with E-state index >= 15 is 0 Å². The summed E-state index contributed by atoms with van der Waals surface area (Å²) in [7, 11) is 0. The number of aryl methyl sites for hydroxylation is 1. The van der Waals surface area contributed by atoms with Crippen LogP contribution in [-0.2, 0) is 6.61 Å². The first kappa shape index (κ1) is 14.8. The van der Waals surface area contributed by atoms with E-state index in [1.807, 2.05) is 32.0 Å². The summed E-state index contributed by atoms with van der Waals surface area (Å²) < 4.78 is 19.4. The molecule has 0 saturated heterocycles. The van der Waals surface area contributed by atoms with Gasteiger partial charge in [0.05, 0.1) is 0 Å². The van der Waals surface area contributed by atoms with Gasteiger partial charge in [-0.3, -0.25) is 0 Å². The van der Waals surface area contributed by atoms with Crippen molar-refractivity contribution in [3.8, 4) is 5.75 Å². The number of nitrogens with two attached hydrogens (primary N) is 1. The lowest BCUT2D eigenvalue weighted by Crippen LogP contribution is -2.08. The third kappa shape index (κ3) is 3.50. The highest BCUT2D eigenvalue weighted by atomic mass is 35.5. The van der Waals surface area contributed by atoms with Crippen LogP contribution in [-0.4, -0.2) is 0 Å². The lowest BCUT2D eigenvalue weighted by molar-refractivity contribution is 0.295. The van der Waals surface area contributed by atoms with Crippen LogP contribution in [0, 0.1) is 12.7 Å². The Balaban J connectivity index is 2.20. The fourth-order valence-corrected chi connectivity index (χ4v) is 2.10. The normalized spacial score (nSPS) is 12.2. The van der Waals surface area contributed by atoms with Crippen molar-refractivity contribution in [3.63, 3.8) is 0 Å². The van der Waals surface area contributed by atoms with Crippen molar-refractivity contribution in [1.29, 1.82) is 0 Å². The quantitative estimate of drug-likeness (QED) is 0.907. The van der Waals surface area contributed by atoms with Crippen LogP contribution in [0.2, 0.25) is 5.02 Å². The first-order valence-corrected chi connectivity index (χ1v) is 6.78. The average molecular weight is 294 g/mol. The maximum absolute atomic E-state index is 13.7. The first-order valence-electron chi connectivity index (χ1n) is 6.40. The summed E-state index contributed by atoms with van der Waals surface area (Å²) in [6.45, 7) is 4.01. The highest BCUT2D eigenvalue weighted by Crippen LogP contribution is 2.26. The van der Waals surface area contributed by atoms with Gasteiger partial charge in [-0.15, -0.1) is 0 Å². The Bertz CT molecular complexity index is 613. The van der Waals surface area contributed by atoms with Crippen LogP contribution < -0.4 is 10.5 Å². The molecule has 2 aromatic carbocycles. The van der Waals surface area contributed by atoms with E-state index in [4.69, 9.17) is 22.1 Å². The molecule has 0 aromatic heterocycles. The highest BCUT2D eigenvalue weighted by Gasteiger charge is 2.10. The molecule has 0 amide bonds. The molecule has 0 saturated carbocycles. The van der Waals surface area contributed by atoms with Crippen molar-refractivity contribution in [3.05, 3.63) is 63.9 Å². The third-order valence-electron chi connectivity index (χ3n) is 3.06. The van der Waals surface area contributed by atoms with E-state index < -0.39 is 0 Å². The van der Waals surface area contributed by atoms with E-state index in [-0.39, 0.29) is 18.5 Å². The number of rotatable bonds is 4. The molecule has 0 heterocycles. The Morgan fingerprint density at radius 1 is 1.25 bits per heavy atom. The molecule has 0 aliphatic rings. The van der Waals surface area contributed by atoms with E-state index in [9.17, 15) is 4.39 Å². The van der Waals surface area contributed by atoms with Gasteiger partial charge in [-0.25, -0.2) is 4.39 Å². The van der Waals surface area contributed by atoms with Gasteiger partial charge >= 0.3 is 0 Å². The zero-order chi connectivity index (χ0) is 14.7. The van der Waals surface area contributed by atoms with Gasteiger partial charge in [0.2, 0.25) is 0 Å². The number of hydrogen-bond donors (Lipinski definition) is 1. The van der Waals surface area contributed by atoms with Crippen LogP contribution in [0.4, 0.5) is 4.39 Å². The predicted octanol–water partition coefficient (Wildman–Crippen LogP) is 4.39. The molecule has 0 aliphatic heterocycles. The lowest BCUT2D eigenvalue weighted by atomic mass is 10.1. The van der Waals surface area contributed by atoms with Crippen LogP contribution in [0.1, 0.15) is 29.7 Å². The summed E-state index contributed by atoms with van der Waals surface area (Å²) in [4.78, 5) is 0. The van der Waals surface area contributed by atoms with Gasteiger partial charge in [-0.1, -0.05) is 29.8 Å². The summed E-state index contributed by atoms with van der Waals surface area (Å²) in [6, 6.07) is 10.2. The molecule has 2 rings (SSSR count). The largest absolute Gasteiger partial charge is 0.488 e. The first-order chi connectivity index (χ1) is 9.47. The van der Waals surface area contributed by atoms with Gasteiger partial charge in [0.25, 0.3) is 0 Å². The Hall–Kier alpha value is -1.58. The van der Waals surface area contributed by atoms with Crippen LogP contribution in [0.3, 0.4) is 0 Å². The van der Waals surface area contributed by atoms with E-state index in [2.05, 4.69) is 0 Å². The van der Waals surface area contributed by atoms with Gasteiger partial charge in [0, 0.05) is 22.2 Å². The van der Waals surface area contributed by atoms with Crippen molar-refractivity contribution in [2.24, 2.45) is 5.73 Å². The molecular formula is C16H17ClFNO. The second kappa shape index (κ2) is 6.25. The van der Waals surface area contributed by atoms with Gasteiger partial charge in [0.15, 0.2) is 0 Å². The molecule has 2 aromatic rings. The number of ether oxygens (including phenoxy) is 1. The minimum atomic E-state index is -0.368. The van der Waals surface area contributed by atoms with Crippen LogP contribution in [0.25, 0.3) is 0 Å². The second-order valence-electron chi connectivity index (χ2n) is 4.85. The van der Waals surface area contributed by atoms with Gasteiger partial charge < -0.3 is 10.5 Å². The maximum atomic E-state index is 13.7. The zero-order valence-corrected chi connectivity index (χ0v) is 12.2. The minimum Gasteiger partial charge on any atom is -0.488 e. The van der Waals surface area contributed by atoms with Crippen molar-refractivity contribution < 1.29 is 9.13 Å². The molecular weight excluding hydrogens is 277 g/mol. The molecule has 0 bridgehead atoms. The number of halogens is 2. The molecule has 2 nitrogen and oxygen atoms in total. The van der Waals surface area contributed by atoms with Crippen LogP contribution in [0.5, 0.6) is 5.75 Å². The monoisotopic (exact) mass is 293 g/mol. The van der Waals surface area contributed by atoms with Gasteiger partial charge in [-0.2, -0.15) is 0 Å². The summed E-state index contributed by atoms with van der Waals surface area (Å²) in [5.74, 6) is 0.321. The van der Waals surface area contributed by atoms with Crippen molar-refractivity contribution in [1.82, 2.24) is 0 Å². The molecule has 1 atom stereocenters. The molecule has 106 valence electrons. The SMILES string of the molecule is Cc1ccc([C@H](C)N)c(OCc2ccc(Cl)cc2F)c1. The molecule has 2 N–H and O–H groups in total. The van der Waals surface area contributed by atoms with E-state index in [1.54, 1.807) is 12.1 Å². The molecule has 20 heavy (non-hydrogen) atoms. The van der Waals surface area contributed by atoms with Crippen LogP contribution in [0.15, 0.2) is 36.4 Å². The van der Waals surface area contributed by atoms with Gasteiger partial charge in [-0.05, 0) is 37.6 Å². The highest BCUT2D eigenvalue weighted by molar-refractivity contribution is 6.30. The number of hydrogen-bond acceptors (Lipinski definition) is 2. The summed E-state index contributed by atoms with van der Waals surface area (Å²) in [5, 5.41) is 0.373. The molecule has 0 spiro atoms. The maximum Gasteiger partial charge on any atom is 0.131 e. The summed E-state index contributed by atoms with van der Waals surface area (Å²) in [6.07, 6.45) is 0. The standard InChI is InChI=1S/C16H17ClFNO/c1-10-3-6-14(11(2)19)16(7-10)20-9-12-4-5-13(17)8-15(12)18/h3-8,11H,9,19H2,1-2H3/t11-/m0/s1. The fourth-order valence-electron chi connectivity index (χ4n) is 1.94. The van der Waals surface area contributed by atoms with E-state index in [1.165, 1.54) is 6.07 Å². The van der Waals surface area contributed by atoms with Crippen molar-refractivity contribution in [2.75, 3.05) is 0 Å². The predicted molar refractivity (Wildman–Crippen MR) is 79.5 cm³/mol. The summed E-state index contributed by atoms with van der Waals surface area (Å²) >= 11 is 5.72. The second-order valence-corrected chi connectivity index (χ2v) is 5.29. The molecule has 0 aliphatic carbocycles. The van der Waals surface area contributed by atoms with E-state index in [0.29, 0.717) is 16.3 Å². The van der Waals surface area contributed by atoms with E-state index in [0.717, 1.165) is 11.1 Å². The number of benzene rings is 2. The smallest absolute Gasteiger partial charge is 0.131 e. The van der Waals surface area contributed by atoms with Crippen molar-refractivity contribution in [2.45, 2.75) is 26.5 Å². The lowest BCUT2D eigenvalue weighted by Gasteiger charge is -2.15. The molecule has 0 fully saturated rings. The molecule has 4 heteroatoms. The van der Waals surface area contributed by atoms with Crippen molar-refractivity contribution >= 4 is 11.6 Å². The Labute approximate surface area is 123 Å². The Kier molecular flexibility index (Phi) is 4.63. The van der Waals surface area contributed by atoms with Gasteiger partial charge in [0.1, 0.15) is 18.2 Å². The Morgan fingerprint density at radius 3 is 2.65 bits per heavy atom. The zero-order valence-electron chi connectivity index (χ0n) is 11.5. The minimum absolute atomic E-state index is 0.138. The fraction of sp³-hybridized carbons (Fsp3) is 0.250. The molecule has 0 unspecified atom stereocenters.